The van der Waals surface area contributed by atoms with Crippen LogP contribution < -0.4 is 15.5 Å². The summed E-state index contributed by atoms with van der Waals surface area (Å²) < 4.78 is 6.95. The molecule has 1 amide bonds. The van der Waals surface area contributed by atoms with Gasteiger partial charge in [-0.2, -0.15) is 0 Å². The second-order valence-electron chi connectivity index (χ2n) is 9.03. The van der Waals surface area contributed by atoms with Gasteiger partial charge in [-0.3, -0.25) is 9.36 Å². The molecule has 0 N–H and O–H groups in total. The van der Waals surface area contributed by atoms with Crippen molar-refractivity contribution < 1.29 is 9.53 Å². The molecule has 5 rings (SSSR count). The number of amides is 1. The summed E-state index contributed by atoms with van der Waals surface area (Å²) in [7, 11) is 0. The van der Waals surface area contributed by atoms with Crippen LogP contribution in [-0.2, 0) is 22.5 Å². The maximum Gasteiger partial charge on any atom is 0.348 e. The highest BCUT2D eigenvalue weighted by atomic mass is 16.5. The van der Waals surface area contributed by atoms with Crippen LogP contribution in [0.3, 0.4) is 0 Å². The third-order valence-corrected chi connectivity index (χ3v) is 6.86. The van der Waals surface area contributed by atoms with E-state index in [1.165, 1.54) is 21.4 Å². The van der Waals surface area contributed by atoms with E-state index in [1.807, 2.05) is 17.0 Å². The summed E-state index contributed by atoms with van der Waals surface area (Å²) in [5.41, 5.74) is 5.15. The molecule has 0 saturated carbocycles. The lowest BCUT2D eigenvalue weighted by atomic mass is 9.89. The van der Waals surface area contributed by atoms with E-state index >= 15 is 0 Å². The Kier molecular flexibility index (Phi) is 5.83. The van der Waals surface area contributed by atoms with Crippen LogP contribution in [-0.4, -0.2) is 48.3 Å². The van der Waals surface area contributed by atoms with Gasteiger partial charge in [-0.25, -0.2) is 9.78 Å². The van der Waals surface area contributed by atoms with Crippen molar-refractivity contribution in [3.63, 3.8) is 0 Å². The zero-order valence-corrected chi connectivity index (χ0v) is 18.6. The van der Waals surface area contributed by atoms with Crippen LogP contribution in [0.15, 0.2) is 41.5 Å². The molecule has 1 aromatic carbocycles. The fraction of sp³-hybridized carbons (Fsp3) is 0.480. The first-order chi connectivity index (χ1) is 15.6. The lowest BCUT2D eigenvalue weighted by Crippen LogP contribution is -2.37. The summed E-state index contributed by atoms with van der Waals surface area (Å²) in [5.74, 6) is 0.618. The molecule has 168 valence electrons. The maximum atomic E-state index is 13.2. The number of morpholine rings is 1. The third kappa shape index (κ3) is 4.09. The number of rotatable bonds is 4. The summed E-state index contributed by atoms with van der Waals surface area (Å²) >= 11 is 0. The molecule has 3 aliphatic rings. The normalized spacial score (nSPS) is 20.8. The van der Waals surface area contributed by atoms with Gasteiger partial charge < -0.3 is 14.5 Å². The predicted octanol–water partition coefficient (Wildman–Crippen LogP) is 2.87. The van der Waals surface area contributed by atoms with E-state index in [1.54, 1.807) is 12.4 Å². The highest BCUT2D eigenvalue weighted by molar-refractivity contribution is 5.96. The number of fused-ring (bicyclic) bond motifs is 1. The van der Waals surface area contributed by atoms with Crippen molar-refractivity contribution in [3.05, 3.63) is 58.3 Å². The summed E-state index contributed by atoms with van der Waals surface area (Å²) in [6, 6.07) is 6.16. The number of carbonyl (C=O) groups is 1. The van der Waals surface area contributed by atoms with Gasteiger partial charge in [0.15, 0.2) is 0 Å². The highest BCUT2D eigenvalue weighted by Crippen LogP contribution is 2.36. The van der Waals surface area contributed by atoms with Crippen molar-refractivity contribution in [1.29, 1.82) is 0 Å². The summed E-state index contributed by atoms with van der Waals surface area (Å²) in [4.78, 5) is 33.9. The highest BCUT2D eigenvalue weighted by Gasteiger charge is 2.28. The number of hydrogen-bond donors (Lipinski definition) is 0. The van der Waals surface area contributed by atoms with E-state index in [9.17, 15) is 9.59 Å². The van der Waals surface area contributed by atoms with E-state index in [-0.39, 0.29) is 18.1 Å². The maximum absolute atomic E-state index is 13.2. The van der Waals surface area contributed by atoms with Crippen LogP contribution in [0.1, 0.15) is 37.3 Å². The Morgan fingerprint density at radius 1 is 1.16 bits per heavy atom. The minimum absolute atomic E-state index is 0.00454. The van der Waals surface area contributed by atoms with Gasteiger partial charge in [0, 0.05) is 54.5 Å². The van der Waals surface area contributed by atoms with Crippen LogP contribution in [0.5, 0.6) is 0 Å². The Hall–Kier alpha value is -2.93. The number of aromatic nitrogens is 2. The third-order valence-electron chi connectivity index (χ3n) is 6.86. The first-order valence-electron chi connectivity index (χ1n) is 11.6. The van der Waals surface area contributed by atoms with Gasteiger partial charge in [0.1, 0.15) is 6.54 Å². The van der Waals surface area contributed by atoms with Crippen molar-refractivity contribution >= 4 is 22.9 Å². The monoisotopic (exact) mass is 434 g/mol. The van der Waals surface area contributed by atoms with Crippen LogP contribution in [0.4, 0.5) is 11.4 Å². The number of carbonyl (C=O) groups excluding carboxylic acids is 1. The van der Waals surface area contributed by atoms with Gasteiger partial charge in [-0.05, 0) is 49.3 Å². The van der Waals surface area contributed by atoms with Gasteiger partial charge in [0.2, 0.25) is 5.91 Å². The molecule has 1 atom stereocenters. The molecule has 7 heteroatoms. The number of benzene rings is 1. The molecule has 0 radical (unpaired) electrons. The second-order valence-corrected chi connectivity index (χ2v) is 9.03. The van der Waals surface area contributed by atoms with Gasteiger partial charge in [-0.15, -0.1) is 0 Å². The number of ether oxygens (including phenoxy) is 1. The summed E-state index contributed by atoms with van der Waals surface area (Å²) in [6.07, 6.45) is 9.68. The molecule has 1 aromatic heterocycles. The molecular formula is C25H30N4O3. The minimum Gasteiger partial charge on any atom is -0.378 e. The molecule has 32 heavy (non-hydrogen) atoms. The Balaban J connectivity index is 1.36. The van der Waals surface area contributed by atoms with Crippen molar-refractivity contribution in [3.8, 4) is 0 Å². The fourth-order valence-corrected chi connectivity index (χ4v) is 4.97. The number of anilines is 2. The zero-order valence-electron chi connectivity index (χ0n) is 18.6. The molecule has 1 aliphatic carbocycles. The predicted molar refractivity (Wildman–Crippen MR) is 125 cm³/mol. The topological polar surface area (TPSA) is 67.7 Å². The minimum atomic E-state index is -0.381. The first kappa shape index (κ1) is 20.9. The van der Waals surface area contributed by atoms with Crippen molar-refractivity contribution in [2.24, 2.45) is 5.92 Å². The Bertz CT molecular complexity index is 1100. The van der Waals surface area contributed by atoms with Crippen LogP contribution in [0.25, 0.3) is 5.57 Å². The van der Waals surface area contributed by atoms with E-state index < -0.39 is 0 Å². The molecule has 3 heterocycles. The van der Waals surface area contributed by atoms with Gasteiger partial charge in [-0.1, -0.05) is 19.1 Å². The zero-order chi connectivity index (χ0) is 22.1. The number of nitrogens with zero attached hydrogens (tertiary/aromatic N) is 4. The second kappa shape index (κ2) is 8.90. The Labute approximate surface area is 188 Å². The van der Waals surface area contributed by atoms with Crippen LogP contribution >= 0.6 is 0 Å². The van der Waals surface area contributed by atoms with Crippen molar-refractivity contribution in [2.45, 2.75) is 39.2 Å². The number of hydrogen-bond acceptors (Lipinski definition) is 5. The van der Waals surface area contributed by atoms with Crippen molar-refractivity contribution in [2.75, 3.05) is 42.6 Å². The summed E-state index contributed by atoms with van der Waals surface area (Å²) in [5, 5.41) is 0. The molecule has 0 bridgehead atoms. The first-order valence-corrected chi connectivity index (χ1v) is 11.6. The Morgan fingerprint density at radius 3 is 2.75 bits per heavy atom. The molecule has 0 spiro atoms. The smallest absolute Gasteiger partial charge is 0.348 e. The van der Waals surface area contributed by atoms with Gasteiger partial charge in [0.25, 0.3) is 0 Å². The molecular weight excluding hydrogens is 404 g/mol. The van der Waals surface area contributed by atoms with E-state index in [4.69, 9.17) is 4.74 Å². The summed E-state index contributed by atoms with van der Waals surface area (Å²) in [6.45, 7) is 6.09. The molecule has 1 fully saturated rings. The van der Waals surface area contributed by atoms with Crippen LogP contribution in [0, 0.1) is 5.92 Å². The quantitative estimate of drug-likeness (QED) is 0.740. The largest absolute Gasteiger partial charge is 0.378 e. The standard InChI is InChI=1S/C25H30N4O3/c1-18-5-7-19(8-6-18)20-15-26-25(31)28(16-20)17-24(30)29-10-9-21-22(3-2-4-23(21)29)27-11-13-32-14-12-27/h2-4,7,15-16,18H,5-6,8-14,17H2,1H3. The van der Waals surface area contributed by atoms with Crippen LogP contribution in [0.2, 0.25) is 0 Å². The molecule has 2 aliphatic heterocycles. The molecule has 7 nitrogen and oxygen atoms in total. The average Bonchev–Trinajstić information content (AvgIpc) is 3.26. The van der Waals surface area contributed by atoms with Crippen molar-refractivity contribution in [1.82, 2.24) is 9.55 Å². The van der Waals surface area contributed by atoms with Gasteiger partial charge >= 0.3 is 5.69 Å². The molecule has 1 unspecified atom stereocenters. The van der Waals surface area contributed by atoms with E-state index in [0.717, 1.165) is 63.2 Å². The van der Waals surface area contributed by atoms with Gasteiger partial charge in [0.05, 0.1) is 13.2 Å². The lowest BCUT2D eigenvalue weighted by Gasteiger charge is -2.30. The average molecular weight is 435 g/mol. The van der Waals surface area contributed by atoms with E-state index in [0.29, 0.717) is 12.5 Å². The number of allylic oxidation sites excluding steroid dienone is 2. The fourth-order valence-electron chi connectivity index (χ4n) is 4.97. The van der Waals surface area contributed by atoms with E-state index in [2.05, 4.69) is 29.0 Å². The Morgan fingerprint density at radius 2 is 1.97 bits per heavy atom. The lowest BCUT2D eigenvalue weighted by molar-refractivity contribution is -0.119. The molecule has 1 saturated heterocycles. The SMILES string of the molecule is CC1CC=C(c2cnc(=O)n(CC(=O)N3CCc4c(N5CCOCC5)cccc43)c2)CC1. The molecule has 2 aromatic rings.